The number of morpholine rings is 1. The highest BCUT2D eigenvalue weighted by atomic mass is 16.5. The Morgan fingerprint density at radius 2 is 1.95 bits per heavy atom. The topological polar surface area (TPSA) is 54.0 Å². The molecule has 1 N–H and O–H groups in total. The molecule has 5 heteroatoms. The molecule has 114 valence electrons. The lowest BCUT2D eigenvalue weighted by Gasteiger charge is -2.36. The van der Waals surface area contributed by atoms with E-state index in [1.54, 1.807) is 6.33 Å². The number of rotatable bonds is 1. The fourth-order valence-electron chi connectivity index (χ4n) is 3.49. The van der Waals surface area contributed by atoms with Crippen LogP contribution in [0.25, 0.3) is 21.9 Å². The van der Waals surface area contributed by atoms with Crippen LogP contribution in [0.3, 0.4) is 0 Å². The number of hydrogen-bond acceptors (Lipinski definition) is 4. The van der Waals surface area contributed by atoms with Crippen molar-refractivity contribution in [2.75, 3.05) is 18.0 Å². The number of nitrogens with one attached hydrogen (secondary N) is 1. The standard InChI is InChI=1S/C17H20N4O/c1-10-5-4-6-13-14(10)15-16(20-13)17(19-9-18-15)21-7-11(2)22-12(3)8-21/h4-6,9,11-12,20H,7-8H2,1-3H3/t11-,12-/m1/s1. The van der Waals surface area contributed by atoms with Crippen LogP contribution in [0.4, 0.5) is 5.82 Å². The summed E-state index contributed by atoms with van der Waals surface area (Å²) in [6.45, 7) is 8.04. The smallest absolute Gasteiger partial charge is 0.156 e. The number of H-pyrrole nitrogens is 1. The molecular formula is C17H20N4O. The number of ether oxygens (including phenoxy) is 1. The van der Waals surface area contributed by atoms with E-state index >= 15 is 0 Å². The van der Waals surface area contributed by atoms with E-state index in [0.717, 1.165) is 35.5 Å². The van der Waals surface area contributed by atoms with Crippen LogP contribution >= 0.6 is 0 Å². The van der Waals surface area contributed by atoms with Gasteiger partial charge in [-0.1, -0.05) is 12.1 Å². The van der Waals surface area contributed by atoms with Gasteiger partial charge in [0.1, 0.15) is 17.4 Å². The SMILES string of the molecule is Cc1cccc2[nH]c3c(N4C[C@@H](C)O[C@H](C)C4)ncnc3c12. The summed E-state index contributed by atoms with van der Waals surface area (Å²) in [5.41, 5.74) is 4.38. The van der Waals surface area contributed by atoms with Gasteiger partial charge in [-0.15, -0.1) is 0 Å². The summed E-state index contributed by atoms with van der Waals surface area (Å²) in [5.74, 6) is 0.975. The number of benzene rings is 1. The Hall–Kier alpha value is -2.14. The molecule has 3 heterocycles. The molecule has 5 nitrogen and oxygen atoms in total. The molecular weight excluding hydrogens is 276 g/mol. The molecule has 0 unspecified atom stereocenters. The van der Waals surface area contributed by atoms with E-state index in [1.807, 2.05) is 0 Å². The molecule has 1 fully saturated rings. The predicted octanol–water partition coefficient (Wildman–Crippen LogP) is 3.03. The Labute approximate surface area is 129 Å². The van der Waals surface area contributed by atoms with E-state index in [0.29, 0.717) is 0 Å². The molecule has 2 atom stereocenters. The van der Waals surface area contributed by atoms with Gasteiger partial charge in [-0.3, -0.25) is 0 Å². The van der Waals surface area contributed by atoms with Gasteiger partial charge in [0.15, 0.2) is 5.82 Å². The summed E-state index contributed by atoms with van der Waals surface area (Å²) < 4.78 is 5.83. The molecule has 1 aliphatic rings. The first-order valence-corrected chi connectivity index (χ1v) is 7.76. The van der Waals surface area contributed by atoms with Crippen LogP contribution in [-0.4, -0.2) is 40.2 Å². The predicted molar refractivity (Wildman–Crippen MR) is 88.4 cm³/mol. The quantitative estimate of drug-likeness (QED) is 0.750. The highest BCUT2D eigenvalue weighted by Crippen LogP contribution is 2.32. The lowest BCUT2D eigenvalue weighted by molar-refractivity contribution is -0.00537. The van der Waals surface area contributed by atoms with E-state index in [4.69, 9.17) is 4.74 Å². The molecule has 0 radical (unpaired) electrons. The van der Waals surface area contributed by atoms with E-state index in [1.165, 1.54) is 10.9 Å². The van der Waals surface area contributed by atoms with Crippen molar-refractivity contribution in [2.24, 2.45) is 0 Å². The molecule has 0 bridgehead atoms. The molecule has 0 amide bonds. The van der Waals surface area contributed by atoms with E-state index < -0.39 is 0 Å². The molecule has 4 rings (SSSR count). The maximum Gasteiger partial charge on any atom is 0.156 e. The van der Waals surface area contributed by atoms with Gasteiger partial charge in [0.2, 0.25) is 0 Å². The third-order valence-electron chi connectivity index (χ3n) is 4.32. The van der Waals surface area contributed by atoms with Gasteiger partial charge >= 0.3 is 0 Å². The van der Waals surface area contributed by atoms with Crippen LogP contribution in [-0.2, 0) is 4.74 Å². The average Bonchev–Trinajstić information content (AvgIpc) is 2.85. The zero-order chi connectivity index (χ0) is 15.3. The van der Waals surface area contributed by atoms with Gasteiger partial charge in [0, 0.05) is 24.0 Å². The highest BCUT2D eigenvalue weighted by Gasteiger charge is 2.25. The zero-order valence-corrected chi connectivity index (χ0v) is 13.1. The van der Waals surface area contributed by atoms with Crippen molar-refractivity contribution in [3.05, 3.63) is 30.1 Å². The minimum Gasteiger partial charge on any atom is -0.372 e. The fourth-order valence-corrected chi connectivity index (χ4v) is 3.49. The van der Waals surface area contributed by atoms with Crippen molar-refractivity contribution in [1.29, 1.82) is 0 Å². The van der Waals surface area contributed by atoms with Crippen LogP contribution in [0, 0.1) is 6.92 Å². The minimum atomic E-state index is 0.208. The summed E-state index contributed by atoms with van der Waals surface area (Å²) in [7, 11) is 0. The van der Waals surface area contributed by atoms with Crippen LogP contribution in [0.5, 0.6) is 0 Å². The molecule has 0 aliphatic carbocycles. The first-order chi connectivity index (χ1) is 10.6. The minimum absolute atomic E-state index is 0.208. The molecule has 1 aromatic carbocycles. The van der Waals surface area contributed by atoms with E-state index in [9.17, 15) is 0 Å². The second-order valence-corrected chi connectivity index (χ2v) is 6.21. The molecule has 0 spiro atoms. The fraction of sp³-hybridized carbons (Fsp3) is 0.412. The van der Waals surface area contributed by atoms with Crippen LogP contribution in [0.15, 0.2) is 24.5 Å². The normalized spacial score (nSPS) is 22.6. The summed E-state index contributed by atoms with van der Waals surface area (Å²) in [5, 5.41) is 1.19. The number of aromatic nitrogens is 3. The van der Waals surface area contributed by atoms with Crippen molar-refractivity contribution in [3.8, 4) is 0 Å². The number of fused-ring (bicyclic) bond motifs is 3. The number of anilines is 1. The Balaban J connectivity index is 1.91. The van der Waals surface area contributed by atoms with Crippen molar-refractivity contribution >= 4 is 27.8 Å². The Kier molecular flexibility index (Phi) is 3.04. The molecule has 2 aromatic heterocycles. The lowest BCUT2D eigenvalue weighted by Crippen LogP contribution is -2.46. The van der Waals surface area contributed by atoms with Crippen LogP contribution in [0.1, 0.15) is 19.4 Å². The highest BCUT2D eigenvalue weighted by molar-refractivity contribution is 6.09. The van der Waals surface area contributed by atoms with E-state index in [-0.39, 0.29) is 12.2 Å². The largest absolute Gasteiger partial charge is 0.372 e. The van der Waals surface area contributed by atoms with Gasteiger partial charge in [-0.2, -0.15) is 0 Å². The Morgan fingerprint density at radius 3 is 2.73 bits per heavy atom. The summed E-state index contributed by atoms with van der Waals surface area (Å²) in [4.78, 5) is 14.9. The second-order valence-electron chi connectivity index (χ2n) is 6.21. The molecule has 0 saturated carbocycles. The van der Waals surface area contributed by atoms with Crippen LogP contribution < -0.4 is 4.90 Å². The van der Waals surface area contributed by atoms with Gasteiger partial charge in [-0.25, -0.2) is 9.97 Å². The molecule has 1 aliphatic heterocycles. The number of nitrogens with zero attached hydrogens (tertiary/aromatic N) is 3. The van der Waals surface area contributed by atoms with Gasteiger partial charge in [0.25, 0.3) is 0 Å². The average molecular weight is 296 g/mol. The summed E-state index contributed by atoms with van der Waals surface area (Å²) in [6.07, 6.45) is 2.09. The maximum absolute atomic E-state index is 5.83. The monoisotopic (exact) mass is 296 g/mol. The van der Waals surface area contributed by atoms with Crippen molar-refractivity contribution in [3.63, 3.8) is 0 Å². The Bertz CT molecular complexity index is 831. The first-order valence-electron chi connectivity index (χ1n) is 7.76. The molecule has 22 heavy (non-hydrogen) atoms. The van der Waals surface area contributed by atoms with Gasteiger partial charge < -0.3 is 14.6 Å². The van der Waals surface area contributed by atoms with E-state index in [2.05, 4.69) is 58.8 Å². The second kappa shape index (κ2) is 4.95. The van der Waals surface area contributed by atoms with Gasteiger partial charge in [0.05, 0.1) is 12.2 Å². The van der Waals surface area contributed by atoms with Crippen LogP contribution in [0.2, 0.25) is 0 Å². The summed E-state index contributed by atoms with van der Waals surface area (Å²) in [6, 6.07) is 6.29. The van der Waals surface area contributed by atoms with Crippen molar-refractivity contribution in [2.45, 2.75) is 33.0 Å². The first kappa shape index (κ1) is 13.5. The summed E-state index contributed by atoms with van der Waals surface area (Å²) >= 11 is 0. The molecule has 3 aromatic rings. The third kappa shape index (κ3) is 2.04. The van der Waals surface area contributed by atoms with Crippen molar-refractivity contribution < 1.29 is 4.74 Å². The zero-order valence-electron chi connectivity index (χ0n) is 13.1. The number of aryl methyl sites for hydroxylation is 1. The number of hydrogen-bond donors (Lipinski definition) is 1. The molecule has 1 saturated heterocycles. The van der Waals surface area contributed by atoms with Crippen molar-refractivity contribution in [1.82, 2.24) is 15.0 Å². The lowest BCUT2D eigenvalue weighted by atomic mass is 10.1. The third-order valence-corrected chi connectivity index (χ3v) is 4.32. The maximum atomic E-state index is 5.83. The Morgan fingerprint density at radius 1 is 1.18 bits per heavy atom. The van der Waals surface area contributed by atoms with Gasteiger partial charge in [-0.05, 0) is 32.4 Å². The number of aromatic amines is 1.